The van der Waals surface area contributed by atoms with Gasteiger partial charge in [-0.2, -0.15) is 0 Å². The Morgan fingerprint density at radius 3 is 2.53 bits per heavy atom. The average molecular weight is 285 g/mol. The maximum atomic E-state index is 11.3. The Kier molecular flexibility index (Phi) is 7.04. The van der Waals surface area contributed by atoms with E-state index in [1.807, 2.05) is 0 Å². The largest absolute Gasteiger partial charge is 0.354 e. The molecule has 5 nitrogen and oxygen atoms in total. The molecule has 0 aromatic carbocycles. The van der Waals surface area contributed by atoms with E-state index in [1.54, 1.807) is 6.92 Å². The first-order valence-electron chi connectivity index (χ1n) is 5.67. The standard InChI is InChI=1S/C10H20N2O3S.ClH/c1-2-5-16(14,15)7-10(13)12-6-9(11)8-3-4-8;/h8-9H,2-7,11H2,1H3,(H,12,13);1H. The van der Waals surface area contributed by atoms with E-state index in [0.717, 1.165) is 12.8 Å². The number of rotatable bonds is 7. The zero-order chi connectivity index (χ0) is 12.2. The van der Waals surface area contributed by atoms with Crippen molar-refractivity contribution in [2.75, 3.05) is 18.1 Å². The molecular weight excluding hydrogens is 264 g/mol. The fraction of sp³-hybridized carbons (Fsp3) is 0.900. The predicted molar refractivity (Wildman–Crippen MR) is 69.9 cm³/mol. The van der Waals surface area contributed by atoms with E-state index in [9.17, 15) is 13.2 Å². The summed E-state index contributed by atoms with van der Waals surface area (Å²) < 4.78 is 22.7. The van der Waals surface area contributed by atoms with Crippen LogP contribution in [0.15, 0.2) is 0 Å². The second-order valence-corrected chi connectivity index (χ2v) is 6.58. The number of sulfone groups is 1. The van der Waals surface area contributed by atoms with Gasteiger partial charge < -0.3 is 11.1 Å². The molecule has 1 fully saturated rings. The second kappa shape index (κ2) is 7.18. The molecule has 1 unspecified atom stereocenters. The first kappa shape index (κ1) is 16.7. The molecule has 7 heteroatoms. The van der Waals surface area contributed by atoms with E-state index in [0.29, 0.717) is 18.9 Å². The fourth-order valence-electron chi connectivity index (χ4n) is 1.56. The molecule has 1 saturated carbocycles. The van der Waals surface area contributed by atoms with Crippen LogP contribution in [0.25, 0.3) is 0 Å². The number of carbonyl (C=O) groups is 1. The molecule has 1 aliphatic carbocycles. The van der Waals surface area contributed by atoms with Crippen molar-refractivity contribution in [2.24, 2.45) is 11.7 Å². The van der Waals surface area contributed by atoms with Crippen molar-refractivity contribution in [3.05, 3.63) is 0 Å². The molecule has 0 bridgehead atoms. The molecule has 1 amide bonds. The maximum absolute atomic E-state index is 11.3. The third kappa shape index (κ3) is 6.85. The Balaban J connectivity index is 0.00000256. The predicted octanol–water partition coefficient (Wildman–Crippen LogP) is 0.0865. The van der Waals surface area contributed by atoms with Crippen LogP contribution in [0.3, 0.4) is 0 Å². The van der Waals surface area contributed by atoms with Gasteiger partial charge in [0.05, 0.1) is 5.75 Å². The summed E-state index contributed by atoms with van der Waals surface area (Å²) >= 11 is 0. The van der Waals surface area contributed by atoms with Gasteiger partial charge in [-0.1, -0.05) is 6.92 Å². The first-order valence-corrected chi connectivity index (χ1v) is 7.49. The zero-order valence-electron chi connectivity index (χ0n) is 10.0. The van der Waals surface area contributed by atoms with Crippen LogP contribution in [0.5, 0.6) is 0 Å². The topological polar surface area (TPSA) is 89.3 Å². The molecule has 3 N–H and O–H groups in total. The van der Waals surface area contributed by atoms with Gasteiger partial charge in [-0.3, -0.25) is 4.79 Å². The Morgan fingerprint density at radius 1 is 1.47 bits per heavy atom. The minimum atomic E-state index is -3.24. The second-order valence-electron chi connectivity index (χ2n) is 4.40. The van der Waals surface area contributed by atoms with Gasteiger partial charge in [0.25, 0.3) is 0 Å². The summed E-state index contributed by atoms with van der Waals surface area (Å²) in [4.78, 5) is 11.3. The van der Waals surface area contributed by atoms with E-state index in [1.165, 1.54) is 0 Å². The van der Waals surface area contributed by atoms with Crippen molar-refractivity contribution in [2.45, 2.75) is 32.2 Å². The number of hydrogen-bond donors (Lipinski definition) is 2. The average Bonchev–Trinajstić information content (AvgIpc) is 2.96. The molecule has 0 heterocycles. The smallest absolute Gasteiger partial charge is 0.235 e. The van der Waals surface area contributed by atoms with E-state index in [4.69, 9.17) is 5.73 Å². The van der Waals surface area contributed by atoms with Crippen molar-refractivity contribution in [1.82, 2.24) is 5.32 Å². The summed E-state index contributed by atoms with van der Waals surface area (Å²) in [5.74, 6) is -0.287. The van der Waals surface area contributed by atoms with Crippen LogP contribution < -0.4 is 11.1 Å². The lowest BCUT2D eigenvalue weighted by atomic mass is 10.2. The van der Waals surface area contributed by atoms with Crippen LogP contribution in [-0.2, 0) is 14.6 Å². The summed E-state index contributed by atoms with van der Waals surface area (Å²) in [6.07, 6.45) is 2.77. The van der Waals surface area contributed by atoms with Crippen LogP contribution in [0.4, 0.5) is 0 Å². The molecule has 1 atom stereocenters. The van der Waals surface area contributed by atoms with E-state index in [2.05, 4.69) is 5.32 Å². The molecule has 17 heavy (non-hydrogen) atoms. The Labute approximate surface area is 109 Å². The highest BCUT2D eigenvalue weighted by Gasteiger charge is 2.28. The summed E-state index contributed by atoms with van der Waals surface area (Å²) in [5, 5.41) is 2.58. The normalized spacial score (nSPS) is 17.1. The lowest BCUT2D eigenvalue weighted by Gasteiger charge is -2.11. The fourth-order valence-corrected chi connectivity index (χ4v) is 2.82. The van der Waals surface area contributed by atoms with Gasteiger partial charge >= 0.3 is 0 Å². The number of halogens is 1. The maximum Gasteiger partial charge on any atom is 0.235 e. The van der Waals surface area contributed by atoms with Crippen LogP contribution in [0.1, 0.15) is 26.2 Å². The van der Waals surface area contributed by atoms with Gasteiger partial charge in [0.1, 0.15) is 5.75 Å². The van der Waals surface area contributed by atoms with E-state index >= 15 is 0 Å². The van der Waals surface area contributed by atoms with Crippen LogP contribution in [-0.4, -0.2) is 38.4 Å². The van der Waals surface area contributed by atoms with Crippen molar-refractivity contribution in [3.63, 3.8) is 0 Å². The van der Waals surface area contributed by atoms with Gasteiger partial charge in [0, 0.05) is 12.6 Å². The van der Waals surface area contributed by atoms with E-state index < -0.39 is 21.5 Å². The minimum Gasteiger partial charge on any atom is -0.354 e. The molecular formula is C10H21ClN2O3S. The van der Waals surface area contributed by atoms with Gasteiger partial charge in [0.15, 0.2) is 9.84 Å². The van der Waals surface area contributed by atoms with Crippen molar-refractivity contribution in [3.8, 4) is 0 Å². The monoisotopic (exact) mass is 284 g/mol. The Morgan fingerprint density at radius 2 is 2.06 bits per heavy atom. The molecule has 1 aliphatic rings. The molecule has 0 saturated heterocycles. The van der Waals surface area contributed by atoms with Gasteiger partial charge in [-0.15, -0.1) is 12.4 Å². The number of nitrogens with two attached hydrogens (primary N) is 1. The SMILES string of the molecule is CCCS(=O)(=O)CC(=O)NCC(N)C1CC1.Cl. The number of hydrogen-bond acceptors (Lipinski definition) is 4. The van der Waals surface area contributed by atoms with Gasteiger partial charge in [0.2, 0.25) is 5.91 Å². The number of nitrogens with one attached hydrogen (secondary N) is 1. The van der Waals surface area contributed by atoms with Gasteiger partial charge in [-0.05, 0) is 25.2 Å². The van der Waals surface area contributed by atoms with Crippen molar-refractivity contribution in [1.29, 1.82) is 0 Å². The Bertz CT molecular complexity index is 341. The molecule has 0 aromatic rings. The highest BCUT2D eigenvalue weighted by atomic mass is 35.5. The van der Waals surface area contributed by atoms with Crippen LogP contribution in [0.2, 0.25) is 0 Å². The molecule has 0 aliphatic heterocycles. The number of carbonyl (C=O) groups excluding carboxylic acids is 1. The first-order chi connectivity index (χ1) is 7.44. The van der Waals surface area contributed by atoms with E-state index in [-0.39, 0.29) is 24.2 Å². The minimum absolute atomic E-state index is 0. The van der Waals surface area contributed by atoms with Gasteiger partial charge in [-0.25, -0.2) is 8.42 Å². The highest BCUT2D eigenvalue weighted by molar-refractivity contribution is 7.92. The molecule has 102 valence electrons. The van der Waals surface area contributed by atoms with Crippen molar-refractivity contribution < 1.29 is 13.2 Å². The van der Waals surface area contributed by atoms with Crippen LogP contribution >= 0.6 is 12.4 Å². The molecule has 1 rings (SSSR count). The third-order valence-corrected chi connectivity index (χ3v) is 4.36. The molecule has 0 aromatic heterocycles. The summed E-state index contributed by atoms with van der Waals surface area (Å²) in [7, 11) is -3.24. The lowest BCUT2D eigenvalue weighted by Crippen LogP contribution is -2.41. The summed E-state index contributed by atoms with van der Waals surface area (Å²) in [6.45, 7) is 2.16. The molecule has 0 radical (unpaired) electrons. The molecule has 0 spiro atoms. The highest BCUT2D eigenvalue weighted by Crippen LogP contribution is 2.31. The third-order valence-electron chi connectivity index (χ3n) is 2.63. The summed E-state index contributed by atoms with van der Waals surface area (Å²) in [5.41, 5.74) is 5.79. The van der Waals surface area contributed by atoms with Crippen molar-refractivity contribution >= 4 is 28.2 Å². The Hall–Kier alpha value is -0.330. The van der Waals surface area contributed by atoms with Crippen LogP contribution in [0, 0.1) is 5.92 Å². The quantitative estimate of drug-likeness (QED) is 0.693. The lowest BCUT2D eigenvalue weighted by molar-refractivity contribution is -0.118. The zero-order valence-corrected chi connectivity index (χ0v) is 11.6. The number of amides is 1. The summed E-state index contributed by atoms with van der Waals surface area (Å²) in [6, 6.07) is -0.0298.